The second-order valence-corrected chi connectivity index (χ2v) is 7.14. The maximum Gasteiger partial charge on any atom is 0.227 e. The maximum absolute atomic E-state index is 11.4. The van der Waals surface area contributed by atoms with Crippen LogP contribution in [0.3, 0.4) is 0 Å². The molecule has 0 aliphatic carbocycles. The van der Waals surface area contributed by atoms with Gasteiger partial charge in [-0.1, -0.05) is 0 Å². The number of rotatable bonds is 6. The van der Waals surface area contributed by atoms with E-state index in [1.165, 1.54) is 0 Å². The van der Waals surface area contributed by atoms with E-state index >= 15 is 0 Å². The lowest BCUT2D eigenvalue weighted by Gasteiger charge is -2.28. The number of oxazole rings is 1. The number of hydrogen-bond acceptors (Lipinski definition) is 5. The largest absolute Gasteiger partial charge is 0.441 e. The summed E-state index contributed by atoms with van der Waals surface area (Å²) in [6.07, 6.45) is 1.56. The predicted octanol–water partition coefficient (Wildman–Crippen LogP) is 3.20. The van der Waals surface area contributed by atoms with E-state index < -0.39 is 0 Å². The molecule has 5 nitrogen and oxygen atoms in total. The molecule has 0 saturated carbocycles. The third-order valence-electron chi connectivity index (χ3n) is 4.28. The fraction of sp³-hybridized carbons (Fsp3) is 0.529. The molecule has 1 saturated heterocycles. The van der Waals surface area contributed by atoms with Gasteiger partial charge in [0.15, 0.2) is 0 Å². The van der Waals surface area contributed by atoms with Gasteiger partial charge in [-0.25, -0.2) is 4.98 Å². The highest BCUT2D eigenvalue weighted by Crippen LogP contribution is 2.25. The maximum atomic E-state index is 11.4. The van der Waals surface area contributed by atoms with E-state index in [4.69, 9.17) is 4.42 Å². The Labute approximate surface area is 140 Å². The molecule has 2 aromatic heterocycles. The highest BCUT2D eigenvalue weighted by molar-refractivity contribution is 7.08. The zero-order valence-electron chi connectivity index (χ0n) is 13.8. The Morgan fingerprint density at radius 1 is 1.52 bits per heavy atom. The highest BCUT2D eigenvalue weighted by atomic mass is 32.1. The molecule has 124 valence electrons. The summed E-state index contributed by atoms with van der Waals surface area (Å²) in [4.78, 5) is 18.4. The van der Waals surface area contributed by atoms with Gasteiger partial charge in [-0.15, -0.1) is 0 Å². The molecule has 3 rings (SSSR count). The van der Waals surface area contributed by atoms with Gasteiger partial charge < -0.3 is 9.73 Å². The molecule has 1 atom stereocenters. The molecule has 2 aromatic rings. The molecule has 6 heteroatoms. The van der Waals surface area contributed by atoms with Crippen LogP contribution < -0.4 is 5.32 Å². The van der Waals surface area contributed by atoms with Crippen molar-refractivity contribution in [1.29, 1.82) is 0 Å². The molecule has 1 unspecified atom stereocenters. The lowest BCUT2D eigenvalue weighted by atomic mass is 10.2. The molecular weight excluding hydrogens is 310 g/mol. The van der Waals surface area contributed by atoms with E-state index in [-0.39, 0.29) is 11.9 Å². The van der Waals surface area contributed by atoms with Gasteiger partial charge in [-0.2, -0.15) is 11.3 Å². The van der Waals surface area contributed by atoms with Crippen LogP contribution in [-0.2, 0) is 11.3 Å². The SMILES string of the molecule is Cc1oc(-c2ccsc2)nc1CN(CC1CCC(=O)N1)C(C)C. The summed E-state index contributed by atoms with van der Waals surface area (Å²) in [7, 11) is 0. The number of nitrogens with one attached hydrogen (secondary N) is 1. The first-order valence-corrected chi connectivity index (χ1v) is 8.99. The van der Waals surface area contributed by atoms with Gasteiger partial charge in [-0.05, 0) is 38.6 Å². The summed E-state index contributed by atoms with van der Waals surface area (Å²) in [5.41, 5.74) is 2.01. The summed E-state index contributed by atoms with van der Waals surface area (Å²) in [6, 6.07) is 2.65. The number of carbonyl (C=O) groups excluding carboxylic acids is 1. The van der Waals surface area contributed by atoms with E-state index in [1.54, 1.807) is 11.3 Å². The first-order valence-electron chi connectivity index (χ1n) is 8.05. The van der Waals surface area contributed by atoms with Crippen LogP contribution in [0.5, 0.6) is 0 Å². The average Bonchev–Trinajstić information content (AvgIpc) is 3.21. The average molecular weight is 333 g/mol. The van der Waals surface area contributed by atoms with Crippen LogP contribution in [0.4, 0.5) is 0 Å². The van der Waals surface area contributed by atoms with Gasteiger partial charge in [0.25, 0.3) is 0 Å². The third-order valence-corrected chi connectivity index (χ3v) is 4.97. The zero-order chi connectivity index (χ0) is 16.4. The minimum absolute atomic E-state index is 0.163. The first-order chi connectivity index (χ1) is 11.0. The van der Waals surface area contributed by atoms with Crippen molar-refractivity contribution in [3.63, 3.8) is 0 Å². The lowest BCUT2D eigenvalue weighted by molar-refractivity contribution is -0.119. The van der Waals surface area contributed by atoms with E-state index in [0.29, 0.717) is 18.4 Å². The van der Waals surface area contributed by atoms with Crippen LogP contribution in [-0.4, -0.2) is 34.4 Å². The van der Waals surface area contributed by atoms with Crippen molar-refractivity contribution in [2.45, 2.75) is 52.2 Å². The van der Waals surface area contributed by atoms with E-state index in [9.17, 15) is 4.79 Å². The van der Waals surface area contributed by atoms with Gasteiger partial charge in [0.2, 0.25) is 11.8 Å². The number of thiophene rings is 1. The number of carbonyl (C=O) groups is 1. The van der Waals surface area contributed by atoms with Gasteiger partial charge in [-0.3, -0.25) is 9.69 Å². The number of aryl methyl sites for hydroxylation is 1. The van der Waals surface area contributed by atoms with Crippen LogP contribution in [0.1, 0.15) is 38.1 Å². The van der Waals surface area contributed by atoms with Crippen molar-refractivity contribution in [3.05, 3.63) is 28.3 Å². The Kier molecular flexibility index (Phi) is 4.82. The van der Waals surface area contributed by atoms with Crippen molar-refractivity contribution in [1.82, 2.24) is 15.2 Å². The minimum atomic E-state index is 0.163. The molecule has 3 heterocycles. The number of amides is 1. The van der Waals surface area contributed by atoms with Crippen LogP contribution in [0.25, 0.3) is 11.5 Å². The highest BCUT2D eigenvalue weighted by Gasteiger charge is 2.25. The molecule has 0 bridgehead atoms. The fourth-order valence-corrected chi connectivity index (χ4v) is 3.46. The molecule has 1 fully saturated rings. The first kappa shape index (κ1) is 16.2. The Morgan fingerprint density at radius 2 is 2.35 bits per heavy atom. The molecule has 0 spiro atoms. The topological polar surface area (TPSA) is 58.4 Å². The zero-order valence-corrected chi connectivity index (χ0v) is 14.7. The van der Waals surface area contributed by atoms with E-state index in [0.717, 1.165) is 36.5 Å². The quantitative estimate of drug-likeness (QED) is 0.882. The van der Waals surface area contributed by atoms with E-state index in [1.807, 2.05) is 23.8 Å². The number of hydrogen-bond donors (Lipinski definition) is 1. The van der Waals surface area contributed by atoms with Crippen molar-refractivity contribution in [3.8, 4) is 11.5 Å². The van der Waals surface area contributed by atoms with E-state index in [2.05, 4.69) is 29.0 Å². The van der Waals surface area contributed by atoms with Crippen molar-refractivity contribution in [2.24, 2.45) is 0 Å². The Bertz CT molecular complexity index is 663. The number of nitrogens with zero attached hydrogens (tertiary/aromatic N) is 2. The second-order valence-electron chi connectivity index (χ2n) is 6.36. The van der Waals surface area contributed by atoms with Crippen molar-refractivity contribution < 1.29 is 9.21 Å². The van der Waals surface area contributed by atoms with Gasteiger partial charge in [0.05, 0.1) is 5.69 Å². The molecule has 23 heavy (non-hydrogen) atoms. The van der Waals surface area contributed by atoms with Crippen LogP contribution >= 0.6 is 11.3 Å². The molecule has 1 aliphatic heterocycles. The summed E-state index contributed by atoms with van der Waals surface area (Å²) < 4.78 is 5.83. The van der Waals surface area contributed by atoms with Crippen LogP contribution in [0.15, 0.2) is 21.2 Å². The van der Waals surface area contributed by atoms with Gasteiger partial charge in [0.1, 0.15) is 5.76 Å². The number of aromatic nitrogens is 1. The second kappa shape index (κ2) is 6.84. The predicted molar refractivity (Wildman–Crippen MR) is 91.3 cm³/mol. The minimum Gasteiger partial charge on any atom is -0.441 e. The Morgan fingerprint density at radius 3 is 2.96 bits per heavy atom. The fourth-order valence-electron chi connectivity index (χ4n) is 2.83. The Balaban J connectivity index is 1.71. The normalized spacial score (nSPS) is 18.1. The molecular formula is C17H23N3O2S. The molecule has 1 aliphatic rings. The summed E-state index contributed by atoms with van der Waals surface area (Å²) in [6.45, 7) is 7.90. The lowest BCUT2D eigenvalue weighted by Crippen LogP contribution is -2.41. The summed E-state index contributed by atoms with van der Waals surface area (Å²) in [5.74, 6) is 1.72. The van der Waals surface area contributed by atoms with Gasteiger partial charge in [0, 0.05) is 42.5 Å². The monoisotopic (exact) mass is 333 g/mol. The Hall–Kier alpha value is -1.66. The molecule has 1 amide bonds. The standard InChI is InChI=1S/C17H23N3O2S/c1-11(2)20(8-14-4-5-16(21)18-14)9-15-12(3)22-17(19-15)13-6-7-23-10-13/h6-7,10-11,14H,4-5,8-9H2,1-3H3,(H,18,21). The summed E-state index contributed by atoms with van der Waals surface area (Å²) >= 11 is 1.64. The smallest absolute Gasteiger partial charge is 0.227 e. The van der Waals surface area contributed by atoms with Crippen molar-refractivity contribution >= 4 is 17.2 Å². The van der Waals surface area contributed by atoms with Crippen LogP contribution in [0, 0.1) is 6.92 Å². The molecule has 0 aromatic carbocycles. The third kappa shape index (κ3) is 3.82. The summed E-state index contributed by atoms with van der Waals surface area (Å²) in [5, 5.41) is 7.11. The molecule has 1 N–H and O–H groups in total. The van der Waals surface area contributed by atoms with Crippen LogP contribution in [0.2, 0.25) is 0 Å². The van der Waals surface area contributed by atoms with Gasteiger partial charge >= 0.3 is 0 Å². The molecule has 0 radical (unpaired) electrons. The van der Waals surface area contributed by atoms with Crippen molar-refractivity contribution in [2.75, 3.05) is 6.54 Å².